The molecule has 0 aliphatic rings. The van der Waals surface area contributed by atoms with E-state index in [1.54, 1.807) is 0 Å². The topological polar surface area (TPSA) is 38.7 Å². The zero-order valence-corrected chi connectivity index (χ0v) is 29.5. The molecule has 0 N–H and O–H groups in total. The average Bonchev–Trinajstić information content (AvgIpc) is 3.64. The molecule has 53 heavy (non-hydrogen) atoms. The van der Waals surface area contributed by atoms with Gasteiger partial charge in [-0.15, -0.1) is 11.3 Å². The van der Waals surface area contributed by atoms with Gasteiger partial charge >= 0.3 is 0 Å². The maximum Gasteiger partial charge on any atom is 0.164 e. The number of benzene rings is 8. The Balaban J connectivity index is 1.32. The molecule has 0 aliphatic carbocycles. The Bertz CT molecular complexity index is 2860. The van der Waals surface area contributed by atoms with Crippen molar-refractivity contribution in [2.75, 3.05) is 0 Å². The number of aromatic nitrogens is 3. The lowest BCUT2D eigenvalue weighted by Gasteiger charge is -2.12. The van der Waals surface area contributed by atoms with E-state index >= 15 is 0 Å². The standard InChI is InChI=1S/C49H31N3S/c1-5-15-32(16-6-1)39-30-42(34-18-7-2-8-19-34)45-43(31-39)44-41(28-27-40(46(44)53-45)38-26-25-33-17-13-14-24-37(33)29-38)49-51-47(35-20-9-3-10-21-35)50-48(52-49)36-22-11-4-12-23-36/h1-31H. The third kappa shape index (κ3) is 5.66. The van der Waals surface area contributed by atoms with Crippen LogP contribution in [0.3, 0.4) is 0 Å². The number of thiophene rings is 1. The molecular weight excluding hydrogens is 663 g/mol. The lowest BCUT2D eigenvalue weighted by molar-refractivity contribution is 1.08. The predicted molar refractivity (Wildman–Crippen MR) is 223 cm³/mol. The fourth-order valence-corrected chi connectivity index (χ4v) is 8.69. The van der Waals surface area contributed by atoms with Gasteiger partial charge in [0.25, 0.3) is 0 Å². The molecule has 10 aromatic rings. The van der Waals surface area contributed by atoms with E-state index < -0.39 is 0 Å². The minimum Gasteiger partial charge on any atom is -0.208 e. The van der Waals surface area contributed by atoms with Crippen LogP contribution in [0.2, 0.25) is 0 Å². The smallest absolute Gasteiger partial charge is 0.164 e. The SMILES string of the molecule is c1ccc(-c2cc(-c3ccccc3)c3sc4c(-c5ccc6ccccc6c5)ccc(-c5nc(-c6ccccc6)nc(-c6ccccc6)n5)c4c3c2)cc1. The van der Waals surface area contributed by atoms with Crippen molar-refractivity contribution in [3.05, 3.63) is 188 Å². The number of hydrogen-bond donors (Lipinski definition) is 0. The second-order valence-corrected chi connectivity index (χ2v) is 14.2. The molecule has 248 valence electrons. The molecule has 0 saturated carbocycles. The second kappa shape index (κ2) is 13.1. The summed E-state index contributed by atoms with van der Waals surface area (Å²) >= 11 is 1.85. The number of fused-ring (bicyclic) bond motifs is 4. The first-order valence-corrected chi connectivity index (χ1v) is 18.6. The van der Waals surface area contributed by atoms with Gasteiger partial charge in [0.05, 0.1) is 0 Å². The highest BCUT2D eigenvalue weighted by Gasteiger charge is 2.22. The quantitative estimate of drug-likeness (QED) is 0.174. The van der Waals surface area contributed by atoms with Crippen molar-refractivity contribution in [1.82, 2.24) is 15.0 Å². The minimum atomic E-state index is 0.649. The third-order valence-corrected chi connectivity index (χ3v) is 11.2. The highest BCUT2D eigenvalue weighted by molar-refractivity contribution is 7.27. The van der Waals surface area contributed by atoms with Crippen LogP contribution in [0.5, 0.6) is 0 Å². The molecule has 4 heteroatoms. The highest BCUT2D eigenvalue weighted by Crippen LogP contribution is 2.49. The summed E-state index contributed by atoms with van der Waals surface area (Å²) in [6, 6.07) is 66.3. The van der Waals surface area contributed by atoms with E-state index in [0.717, 1.165) is 22.1 Å². The lowest BCUT2D eigenvalue weighted by Crippen LogP contribution is -2.00. The second-order valence-electron chi connectivity index (χ2n) is 13.2. The van der Waals surface area contributed by atoms with Crippen LogP contribution in [0.15, 0.2) is 188 Å². The van der Waals surface area contributed by atoms with Crippen LogP contribution >= 0.6 is 11.3 Å². The molecule has 0 aliphatic heterocycles. The van der Waals surface area contributed by atoms with Gasteiger partial charge in [-0.1, -0.05) is 164 Å². The average molecular weight is 694 g/mol. The van der Waals surface area contributed by atoms with Crippen LogP contribution in [0.1, 0.15) is 0 Å². The summed E-state index contributed by atoms with van der Waals surface area (Å²) in [6.07, 6.45) is 0. The molecule has 10 rings (SSSR count). The van der Waals surface area contributed by atoms with Crippen LogP contribution < -0.4 is 0 Å². The van der Waals surface area contributed by atoms with Crippen molar-refractivity contribution < 1.29 is 0 Å². The van der Waals surface area contributed by atoms with Crippen LogP contribution in [0.4, 0.5) is 0 Å². The molecular formula is C49H31N3S. The summed E-state index contributed by atoms with van der Waals surface area (Å²) in [5.74, 6) is 1.95. The molecule has 0 atom stereocenters. The summed E-state index contributed by atoms with van der Waals surface area (Å²) < 4.78 is 2.44. The van der Waals surface area contributed by atoms with Crippen LogP contribution in [-0.2, 0) is 0 Å². The lowest BCUT2D eigenvalue weighted by atomic mass is 9.93. The number of rotatable bonds is 6. The van der Waals surface area contributed by atoms with Crippen molar-refractivity contribution in [1.29, 1.82) is 0 Å². The summed E-state index contributed by atoms with van der Waals surface area (Å²) in [5.41, 5.74) is 10.0. The van der Waals surface area contributed by atoms with E-state index in [9.17, 15) is 0 Å². The molecule has 2 aromatic heterocycles. The monoisotopic (exact) mass is 693 g/mol. The van der Waals surface area contributed by atoms with E-state index in [0.29, 0.717) is 17.5 Å². The normalized spacial score (nSPS) is 11.4. The fraction of sp³-hybridized carbons (Fsp3) is 0. The Labute approximate surface area is 311 Å². The molecule has 0 unspecified atom stereocenters. The van der Waals surface area contributed by atoms with Gasteiger partial charge in [0, 0.05) is 42.4 Å². The van der Waals surface area contributed by atoms with Crippen LogP contribution in [-0.4, -0.2) is 15.0 Å². The molecule has 3 nitrogen and oxygen atoms in total. The zero-order chi connectivity index (χ0) is 35.1. The first-order valence-electron chi connectivity index (χ1n) is 17.8. The van der Waals surface area contributed by atoms with Crippen molar-refractivity contribution >= 4 is 42.3 Å². The Hall–Kier alpha value is -6.75. The Kier molecular flexibility index (Phi) is 7.67. The van der Waals surface area contributed by atoms with Crippen LogP contribution in [0.25, 0.3) is 98.5 Å². The van der Waals surface area contributed by atoms with Gasteiger partial charge < -0.3 is 0 Å². The number of hydrogen-bond acceptors (Lipinski definition) is 4. The zero-order valence-electron chi connectivity index (χ0n) is 28.6. The van der Waals surface area contributed by atoms with Crippen molar-refractivity contribution in [2.45, 2.75) is 0 Å². The molecule has 0 spiro atoms. The van der Waals surface area contributed by atoms with Crippen molar-refractivity contribution in [3.8, 4) is 67.5 Å². The first kappa shape index (κ1) is 31.0. The molecule has 0 saturated heterocycles. The van der Waals surface area contributed by atoms with Gasteiger partial charge in [0.1, 0.15) is 0 Å². The number of nitrogens with zero attached hydrogens (tertiary/aromatic N) is 3. The van der Waals surface area contributed by atoms with Gasteiger partial charge in [-0.3, -0.25) is 0 Å². The van der Waals surface area contributed by atoms with Gasteiger partial charge in [0.15, 0.2) is 17.5 Å². The summed E-state index contributed by atoms with van der Waals surface area (Å²) in [5, 5.41) is 4.78. The van der Waals surface area contributed by atoms with Crippen molar-refractivity contribution in [3.63, 3.8) is 0 Å². The van der Waals surface area contributed by atoms with Crippen LogP contribution in [0, 0.1) is 0 Å². The van der Waals surface area contributed by atoms with E-state index in [-0.39, 0.29) is 0 Å². The predicted octanol–water partition coefficient (Wildman–Crippen LogP) is 13.4. The Morgan fingerprint density at radius 1 is 0.302 bits per heavy atom. The summed E-state index contributed by atoms with van der Waals surface area (Å²) in [7, 11) is 0. The molecule has 8 aromatic carbocycles. The van der Waals surface area contributed by atoms with Crippen molar-refractivity contribution in [2.24, 2.45) is 0 Å². The fourth-order valence-electron chi connectivity index (χ4n) is 7.31. The van der Waals surface area contributed by atoms with E-state index in [2.05, 4.69) is 152 Å². The highest BCUT2D eigenvalue weighted by atomic mass is 32.1. The first-order chi connectivity index (χ1) is 26.3. The molecule has 0 fully saturated rings. The van der Waals surface area contributed by atoms with E-state index in [4.69, 9.17) is 15.0 Å². The molecule has 0 amide bonds. The third-order valence-electron chi connectivity index (χ3n) is 9.91. The van der Waals surface area contributed by atoms with Gasteiger partial charge in [-0.25, -0.2) is 15.0 Å². The maximum atomic E-state index is 5.22. The van der Waals surface area contributed by atoms with Gasteiger partial charge in [-0.05, 0) is 62.9 Å². The largest absolute Gasteiger partial charge is 0.208 e. The maximum absolute atomic E-state index is 5.22. The molecule has 0 bridgehead atoms. The van der Waals surface area contributed by atoms with E-state index in [1.165, 1.54) is 58.9 Å². The Morgan fingerprint density at radius 3 is 1.47 bits per heavy atom. The van der Waals surface area contributed by atoms with Gasteiger partial charge in [-0.2, -0.15) is 0 Å². The minimum absolute atomic E-state index is 0.649. The molecule has 0 radical (unpaired) electrons. The van der Waals surface area contributed by atoms with E-state index in [1.807, 2.05) is 47.7 Å². The summed E-state index contributed by atoms with van der Waals surface area (Å²) in [4.78, 5) is 15.5. The molecule has 2 heterocycles. The van der Waals surface area contributed by atoms with Gasteiger partial charge in [0.2, 0.25) is 0 Å². The summed E-state index contributed by atoms with van der Waals surface area (Å²) in [6.45, 7) is 0. The Morgan fingerprint density at radius 2 is 0.830 bits per heavy atom.